The van der Waals surface area contributed by atoms with Crippen LogP contribution in [0.15, 0.2) is 24.3 Å². The molecule has 0 heterocycles. The Kier molecular flexibility index (Phi) is 6.07. The topological polar surface area (TPSA) is 38.7 Å². The van der Waals surface area contributed by atoms with Crippen LogP contribution in [0.5, 0.6) is 0 Å². The molecular weight excluding hydrogens is 252 g/mol. The first-order valence-electron chi connectivity index (χ1n) is 7.15. The van der Waals surface area contributed by atoms with Crippen LogP contribution in [0.1, 0.15) is 36.8 Å². The predicted molar refractivity (Wildman–Crippen MR) is 78.2 cm³/mol. The minimum absolute atomic E-state index is 0.118. The van der Waals surface area contributed by atoms with Crippen molar-refractivity contribution in [2.24, 2.45) is 0 Å². The fourth-order valence-electron chi connectivity index (χ4n) is 2.58. The number of ether oxygens (including phenoxy) is 2. The average molecular weight is 274 g/mol. The van der Waals surface area contributed by atoms with Crippen molar-refractivity contribution in [3.05, 3.63) is 35.4 Å². The van der Waals surface area contributed by atoms with Crippen molar-refractivity contribution in [1.82, 2.24) is 0 Å². The van der Waals surface area contributed by atoms with Gasteiger partial charge in [-0.2, -0.15) is 0 Å². The summed E-state index contributed by atoms with van der Waals surface area (Å²) in [5.41, 5.74) is 2.01. The van der Waals surface area contributed by atoms with E-state index in [1.807, 2.05) is 24.3 Å². The molecule has 1 aromatic carbocycles. The van der Waals surface area contributed by atoms with Gasteiger partial charge in [-0.25, -0.2) is 0 Å². The van der Waals surface area contributed by atoms with Crippen molar-refractivity contribution >= 4 is 0 Å². The van der Waals surface area contributed by atoms with Crippen LogP contribution in [0.3, 0.4) is 0 Å². The van der Waals surface area contributed by atoms with Crippen molar-refractivity contribution < 1.29 is 14.6 Å². The second kappa shape index (κ2) is 8.06. The number of aliphatic hydroxyl groups is 1. The summed E-state index contributed by atoms with van der Waals surface area (Å²) in [6.45, 7) is 0.449. The molecule has 20 heavy (non-hydrogen) atoms. The normalized spacial score (nSPS) is 22.1. The lowest BCUT2D eigenvalue weighted by atomic mass is 9.95. The molecule has 1 N–H and O–H groups in total. The van der Waals surface area contributed by atoms with Crippen LogP contribution in [-0.4, -0.2) is 31.0 Å². The van der Waals surface area contributed by atoms with Crippen LogP contribution in [0.25, 0.3) is 0 Å². The van der Waals surface area contributed by atoms with Crippen LogP contribution in [0.4, 0.5) is 0 Å². The largest absolute Gasteiger partial charge is 0.384 e. The molecule has 0 aliphatic heterocycles. The predicted octanol–water partition coefficient (Wildman–Crippen LogP) is 2.50. The monoisotopic (exact) mass is 274 g/mol. The number of rotatable bonds is 4. The molecule has 0 bridgehead atoms. The first-order chi connectivity index (χ1) is 9.83. The minimum Gasteiger partial charge on any atom is -0.384 e. The van der Waals surface area contributed by atoms with Gasteiger partial charge in [-0.15, -0.1) is 0 Å². The molecule has 1 fully saturated rings. The third-order valence-electron chi connectivity index (χ3n) is 3.71. The van der Waals surface area contributed by atoms with Gasteiger partial charge in [0.25, 0.3) is 0 Å². The Morgan fingerprint density at radius 2 is 2.05 bits per heavy atom. The highest BCUT2D eigenvalue weighted by molar-refractivity contribution is 5.40. The fourth-order valence-corrected chi connectivity index (χ4v) is 2.58. The highest BCUT2D eigenvalue weighted by Crippen LogP contribution is 2.24. The Labute approximate surface area is 120 Å². The van der Waals surface area contributed by atoms with E-state index in [2.05, 4.69) is 11.8 Å². The highest BCUT2D eigenvalue weighted by atomic mass is 16.5. The smallest absolute Gasteiger partial charge is 0.104 e. The molecule has 2 unspecified atom stereocenters. The molecule has 3 nitrogen and oxygen atoms in total. The second-order valence-corrected chi connectivity index (χ2v) is 5.07. The molecule has 1 saturated carbocycles. The van der Waals surface area contributed by atoms with Gasteiger partial charge in [0.05, 0.1) is 18.8 Å². The highest BCUT2D eigenvalue weighted by Gasteiger charge is 2.22. The lowest BCUT2D eigenvalue weighted by Crippen LogP contribution is -2.27. The first-order valence-corrected chi connectivity index (χ1v) is 7.15. The zero-order chi connectivity index (χ0) is 14.2. The maximum absolute atomic E-state index is 8.79. The van der Waals surface area contributed by atoms with Gasteiger partial charge < -0.3 is 14.6 Å². The van der Waals surface area contributed by atoms with E-state index in [9.17, 15) is 0 Å². The van der Waals surface area contributed by atoms with Crippen LogP contribution in [0, 0.1) is 11.8 Å². The van der Waals surface area contributed by atoms with Crippen LogP contribution < -0.4 is 0 Å². The maximum Gasteiger partial charge on any atom is 0.104 e. The van der Waals surface area contributed by atoms with Crippen molar-refractivity contribution in [3.63, 3.8) is 0 Å². The van der Waals surface area contributed by atoms with Crippen molar-refractivity contribution in [2.45, 2.75) is 44.5 Å². The summed E-state index contributed by atoms with van der Waals surface area (Å²) in [5.74, 6) is 5.66. The quantitative estimate of drug-likeness (QED) is 0.857. The van der Waals surface area contributed by atoms with E-state index in [0.717, 1.165) is 36.8 Å². The number of benzene rings is 1. The standard InChI is InChI=1S/C17H22O3/c1-19-16-9-4-10-17(12-16)20-13-15-7-3-2-6-14(15)8-5-11-18/h2-3,6-7,16-18H,4,9-13H2,1H3. The summed E-state index contributed by atoms with van der Waals surface area (Å²) in [5, 5.41) is 8.79. The Balaban J connectivity index is 1.93. The molecule has 0 aromatic heterocycles. The summed E-state index contributed by atoms with van der Waals surface area (Å²) >= 11 is 0. The lowest BCUT2D eigenvalue weighted by Gasteiger charge is -2.28. The summed E-state index contributed by atoms with van der Waals surface area (Å²) in [6.07, 6.45) is 4.97. The molecule has 2 atom stereocenters. The molecule has 3 heteroatoms. The SMILES string of the molecule is COC1CCCC(OCc2ccccc2C#CCO)C1. The zero-order valence-electron chi connectivity index (χ0n) is 12.0. The van der Waals surface area contributed by atoms with E-state index in [-0.39, 0.29) is 12.7 Å². The van der Waals surface area contributed by atoms with E-state index < -0.39 is 0 Å². The zero-order valence-corrected chi connectivity index (χ0v) is 12.0. The number of aliphatic hydroxyl groups excluding tert-OH is 1. The fraction of sp³-hybridized carbons (Fsp3) is 0.529. The molecule has 1 aliphatic rings. The second-order valence-electron chi connectivity index (χ2n) is 5.07. The lowest BCUT2D eigenvalue weighted by molar-refractivity contribution is -0.0363. The summed E-state index contributed by atoms with van der Waals surface area (Å²) in [4.78, 5) is 0. The Morgan fingerprint density at radius 1 is 1.25 bits per heavy atom. The molecule has 0 radical (unpaired) electrons. The van der Waals surface area contributed by atoms with Gasteiger partial charge in [0.2, 0.25) is 0 Å². The molecule has 1 aliphatic carbocycles. The molecule has 1 aromatic rings. The van der Waals surface area contributed by atoms with Gasteiger partial charge in [-0.05, 0) is 37.3 Å². The molecule has 2 rings (SSSR count). The average Bonchev–Trinajstić information content (AvgIpc) is 2.52. The first kappa shape index (κ1) is 15.1. The minimum atomic E-state index is -0.118. The van der Waals surface area contributed by atoms with Gasteiger partial charge in [-0.1, -0.05) is 30.0 Å². The summed E-state index contributed by atoms with van der Waals surface area (Å²) in [7, 11) is 1.77. The molecule has 0 spiro atoms. The summed E-state index contributed by atoms with van der Waals surface area (Å²) < 4.78 is 11.4. The number of methoxy groups -OCH3 is 1. The van der Waals surface area contributed by atoms with Crippen LogP contribution in [-0.2, 0) is 16.1 Å². The third-order valence-corrected chi connectivity index (χ3v) is 3.71. The summed E-state index contributed by atoms with van der Waals surface area (Å²) in [6, 6.07) is 7.92. The van der Waals surface area contributed by atoms with Gasteiger partial charge in [-0.3, -0.25) is 0 Å². The Bertz CT molecular complexity index is 473. The van der Waals surface area contributed by atoms with Gasteiger partial charge >= 0.3 is 0 Å². The molecule has 0 saturated heterocycles. The molecule has 108 valence electrons. The van der Waals surface area contributed by atoms with Crippen molar-refractivity contribution in [1.29, 1.82) is 0 Å². The van der Waals surface area contributed by atoms with E-state index in [4.69, 9.17) is 14.6 Å². The molecule has 0 amide bonds. The number of hydrogen-bond acceptors (Lipinski definition) is 3. The van der Waals surface area contributed by atoms with E-state index in [1.165, 1.54) is 0 Å². The number of hydrogen-bond donors (Lipinski definition) is 1. The Hall–Kier alpha value is -1.34. The van der Waals surface area contributed by atoms with E-state index in [1.54, 1.807) is 7.11 Å². The van der Waals surface area contributed by atoms with E-state index >= 15 is 0 Å². The van der Waals surface area contributed by atoms with Gasteiger partial charge in [0, 0.05) is 12.7 Å². The third kappa shape index (κ3) is 4.35. The molecular formula is C17H22O3. The van der Waals surface area contributed by atoms with Crippen LogP contribution in [0.2, 0.25) is 0 Å². The van der Waals surface area contributed by atoms with E-state index in [0.29, 0.717) is 12.7 Å². The maximum atomic E-state index is 8.79. The Morgan fingerprint density at radius 3 is 2.85 bits per heavy atom. The van der Waals surface area contributed by atoms with Crippen LogP contribution >= 0.6 is 0 Å². The van der Waals surface area contributed by atoms with Crippen molar-refractivity contribution in [3.8, 4) is 11.8 Å². The van der Waals surface area contributed by atoms with Gasteiger partial charge in [0.1, 0.15) is 6.61 Å². The van der Waals surface area contributed by atoms with Crippen molar-refractivity contribution in [2.75, 3.05) is 13.7 Å². The van der Waals surface area contributed by atoms with Gasteiger partial charge in [0.15, 0.2) is 0 Å².